The number of hydrogen-bond acceptors (Lipinski definition) is 4. The maximum Gasteiger partial charge on any atom is 0.264 e. The standard InChI is InChI=1S/C24H20N2O4/c27-21-15-20(16-7-3-1-4-8-16)26-24(29)22(21)23(28)25-17-11-13-19(14-12-17)30-18-9-5-2-6-10-18/h1-14,20,27H,15H2,(H,25,28)(H,26,29). The summed E-state index contributed by atoms with van der Waals surface area (Å²) in [6, 6.07) is 25.0. The van der Waals surface area contributed by atoms with Gasteiger partial charge in [-0.15, -0.1) is 0 Å². The third kappa shape index (κ3) is 4.33. The van der Waals surface area contributed by atoms with Crippen LogP contribution in [0.2, 0.25) is 0 Å². The number of nitrogens with one attached hydrogen (secondary N) is 2. The van der Waals surface area contributed by atoms with Gasteiger partial charge >= 0.3 is 0 Å². The second-order valence-electron chi connectivity index (χ2n) is 6.86. The molecule has 30 heavy (non-hydrogen) atoms. The van der Waals surface area contributed by atoms with Crippen LogP contribution in [-0.4, -0.2) is 16.9 Å². The molecule has 1 heterocycles. The van der Waals surface area contributed by atoms with Crippen molar-refractivity contribution in [1.29, 1.82) is 0 Å². The fraction of sp³-hybridized carbons (Fsp3) is 0.0833. The molecule has 1 aliphatic heterocycles. The number of benzene rings is 3. The first-order valence-electron chi connectivity index (χ1n) is 9.52. The van der Waals surface area contributed by atoms with Gasteiger partial charge in [-0.2, -0.15) is 0 Å². The number of anilines is 1. The highest BCUT2D eigenvalue weighted by atomic mass is 16.5. The zero-order chi connectivity index (χ0) is 20.9. The highest BCUT2D eigenvalue weighted by Gasteiger charge is 2.32. The Morgan fingerprint density at radius 3 is 2.13 bits per heavy atom. The van der Waals surface area contributed by atoms with E-state index in [1.807, 2.05) is 60.7 Å². The van der Waals surface area contributed by atoms with Crippen molar-refractivity contribution in [2.24, 2.45) is 0 Å². The van der Waals surface area contributed by atoms with Gasteiger partial charge in [0.05, 0.1) is 6.04 Å². The van der Waals surface area contributed by atoms with E-state index in [-0.39, 0.29) is 23.8 Å². The van der Waals surface area contributed by atoms with Crippen molar-refractivity contribution in [2.45, 2.75) is 12.5 Å². The molecule has 1 atom stereocenters. The van der Waals surface area contributed by atoms with Crippen LogP contribution in [0.25, 0.3) is 0 Å². The van der Waals surface area contributed by atoms with Crippen LogP contribution in [0.4, 0.5) is 5.69 Å². The molecule has 6 nitrogen and oxygen atoms in total. The lowest BCUT2D eigenvalue weighted by Gasteiger charge is -2.25. The maximum atomic E-state index is 12.6. The molecule has 0 saturated heterocycles. The van der Waals surface area contributed by atoms with Gasteiger partial charge in [-0.3, -0.25) is 9.59 Å². The van der Waals surface area contributed by atoms with Crippen LogP contribution in [-0.2, 0) is 9.59 Å². The van der Waals surface area contributed by atoms with Crippen LogP contribution < -0.4 is 15.4 Å². The van der Waals surface area contributed by atoms with E-state index in [9.17, 15) is 14.7 Å². The summed E-state index contributed by atoms with van der Waals surface area (Å²) >= 11 is 0. The summed E-state index contributed by atoms with van der Waals surface area (Å²) in [6.45, 7) is 0. The molecule has 0 aromatic heterocycles. The summed E-state index contributed by atoms with van der Waals surface area (Å²) in [5.74, 6) is -0.171. The Morgan fingerprint density at radius 1 is 0.900 bits per heavy atom. The average Bonchev–Trinajstić information content (AvgIpc) is 2.76. The first-order chi connectivity index (χ1) is 14.6. The van der Waals surface area contributed by atoms with E-state index in [2.05, 4.69) is 10.6 Å². The molecule has 1 unspecified atom stereocenters. The first kappa shape index (κ1) is 19.3. The lowest BCUT2D eigenvalue weighted by atomic mass is 9.96. The Morgan fingerprint density at radius 2 is 1.50 bits per heavy atom. The molecule has 6 heteroatoms. The van der Waals surface area contributed by atoms with E-state index in [4.69, 9.17) is 4.74 Å². The normalized spacial score (nSPS) is 16.0. The molecule has 2 amide bonds. The minimum Gasteiger partial charge on any atom is -0.511 e. The summed E-state index contributed by atoms with van der Waals surface area (Å²) in [5.41, 5.74) is 1.08. The van der Waals surface area contributed by atoms with Crippen LogP contribution in [0.15, 0.2) is 96.3 Å². The summed E-state index contributed by atoms with van der Waals surface area (Å²) in [5, 5.41) is 15.8. The number of hydrogen-bond donors (Lipinski definition) is 3. The summed E-state index contributed by atoms with van der Waals surface area (Å²) in [6.07, 6.45) is 0.155. The number of para-hydroxylation sites is 1. The third-order valence-corrected chi connectivity index (χ3v) is 4.74. The number of carbonyl (C=O) groups excluding carboxylic acids is 2. The second kappa shape index (κ2) is 8.53. The fourth-order valence-corrected chi connectivity index (χ4v) is 3.25. The topological polar surface area (TPSA) is 87.7 Å². The fourth-order valence-electron chi connectivity index (χ4n) is 3.25. The minimum absolute atomic E-state index is 0.155. The quantitative estimate of drug-likeness (QED) is 0.551. The van der Waals surface area contributed by atoms with Crippen LogP contribution in [0.5, 0.6) is 11.5 Å². The molecule has 0 aliphatic carbocycles. The monoisotopic (exact) mass is 400 g/mol. The van der Waals surface area contributed by atoms with Crippen molar-refractivity contribution in [2.75, 3.05) is 5.32 Å². The number of aliphatic hydroxyl groups excluding tert-OH is 1. The molecule has 0 radical (unpaired) electrons. The van der Waals surface area contributed by atoms with Crippen molar-refractivity contribution in [3.63, 3.8) is 0 Å². The summed E-state index contributed by atoms with van der Waals surface area (Å²) < 4.78 is 5.72. The van der Waals surface area contributed by atoms with Gasteiger partial charge in [-0.1, -0.05) is 48.5 Å². The third-order valence-electron chi connectivity index (χ3n) is 4.74. The van der Waals surface area contributed by atoms with Gasteiger partial charge in [-0.25, -0.2) is 0 Å². The zero-order valence-corrected chi connectivity index (χ0v) is 16.0. The lowest BCUT2D eigenvalue weighted by molar-refractivity contribution is -0.123. The molecule has 0 bridgehead atoms. The largest absolute Gasteiger partial charge is 0.511 e. The molecule has 0 spiro atoms. The summed E-state index contributed by atoms with van der Waals surface area (Å²) in [4.78, 5) is 25.1. The number of ether oxygens (including phenoxy) is 1. The molecule has 0 saturated carbocycles. The van der Waals surface area contributed by atoms with Gasteiger partial charge in [0.1, 0.15) is 22.8 Å². The van der Waals surface area contributed by atoms with Crippen molar-refractivity contribution in [1.82, 2.24) is 5.32 Å². The number of carbonyl (C=O) groups is 2. The molecule has 150 valence electrons. The maximum absolute atomic E-state index is 12.6. The Balaban J connectivity index is 1.43. The van der Waals surface area contributed by atoms with Crippen LogP contribution in [0.3, 0.4) is 0 Å². The highest BCUT2D eigenvalue weighted by molar-refractivity contribution is 6.23. The van der Waals surface area contributed by atoms with Crippen molar-refractivity contribution >= 4 is 17.5 Å². The van der Waals surface area contributed by atoms with E-state index in [0.29, 0.717) is 17.2 Å². The van der Waals surface area contributed by atoms with Gasteiger partial charge in [0.25, 0.3) is 11.8 Å². The molecular formula is C24H20N2O4. The average molecular weight is 400 g/mol. The van der Waals surface area contributed by atoms with E-state index in [0.717, 1.165) is 5.56 Å². The number of rotatable bonds is 5. The first-order valence-corrected chi connectivity index (χ1v) is 9.52. The minimum atomic E-state index is -0.659. The smallest absolute Gasteiger partial charge is 0.264 e. The molecule has 4 rings (SSSR count). The van der Waals surface area contributed by atoms with E-state index in [1.54, 1.807) is 24.3 Å². The highest BCUT2D eigenvalue weighted by Crippen LogP contribution is 2.27. The predicted molar refractivity (Wildman–Crippen MR) is 113 cm³/mol. The van der Waals surface area contributed by atoms with Gasteiger partial charge in [0.15, 0.2) is 0 Å². The molecule has 3 aromatic carbocycles. The van der Waals surface area contributed by atoms with Crippen LogP contribution in [0.1, 0.15) is 18.0 Å². The van der Waals surface area contributed by atoms with Crippen LogP contribution in [0, 0.1) is 0 Å². The molecule has 1 aliphatic rings. The Hall–Kier alpha value is -4.06. The van der Waals surface area contributed by atoms with Crippen molar-refractivity contribution in [3.8, 4) is 11.5 Å². The van der Waals surface area contributed by atoms with Gasteiger partial charge < -0.3 is 20.5 Å². The Labute approximate surface area is 173 Å². The van der Waals surface area contributed by atoms with Gasteiger partial charge in [-0.05, 0) is 42.0 Å². The van der Waals surface area contributed by atoms with Crippen molar-refractivity contribution < 1.29 is 19.4 Å². The molecule has 0 fully saturated rings. The molecular weight excluding hydrogens is 380 g/mol. The van der Waals surface area contributed by atoms with Crippen LogP contribution >= 0.6 is 0 Å². The van der Waals surface area contributed by atoms with Crippen molar-refractivity contribution in [3.05, 3.63) is 102 Å². The van der Waals surface area contributed by atoms with E-state index < -0.39 is 11.8 Å². The molecule has 3 aromatic rings. The summed E-state index contributed by atoms with van der Waals surface area (Å²) in [7, 11) is 0. The van der Waals surface area contributed by atoms with E-state index >= 15 is 0 Å². The second-order valence-corrected chi connectivity index (χ2v) is 6.86. The Kier molecular flexibility index (Phi) is 5.48. The SMILES string of the molecule is O=C(Nc1ccc(Oc2ccccc2)cc1)C1=C(O)CC(c2ccccc2)NC1=O. The van der Waals surface area contributed by atoms with Gasteiger partial charge in [0.2, 0.25) is 0 Å². The number of amides is 2. The predicted octanol–water partition coefficient (Wildman–Crippen LogP) is 4.49. The number of aliphatic hydroxyl groups is 1. The lowest BCUT2D eigenvalue weighted by Crippen LogP contribution is -2.39. The zero-order valence-electron chi connectivity index (χ0n) is 16.0. The van der Waals surface area contributed by atoms with E-state index in [1.165, 1.54) is 0 Å². The molecule has 3 N–H and O–H groups in total. The Bertz CT molecular complexity index is 1080. The van der Waals surface area contributed by atoms with Gasteiger partial charge in [0, 0.05) is 12.1 Å².